The number of pyridine rings is 1. The van der Waals surface area contributed by atoms with E-state index in [-0.39, 0.29) is 18.0 Å². The van der Waals surface area contributed by atoms with Gasteiger partial charge in [-0.15, -0.1) is 11.3 Å². The van der Waals surface area contributed by atoms with Gasteiger partial charge in [0.2, 0.25) is 5.91 Å². The normalized spacial score (nSPS) is 10.6. The molecule has 0 aliphatic rings. The first-order chi connectivity index (χ1) is 9.95. The lowest BCUT2D eigenvalue weighted by Crippen LogP contribution is -2.28. The second kappa shape index (κ2) is 6.91. The summed E-state index contributed by atoms with van der Waals surface area (Å²) in [6.45, 7) is 3.96. The Balaban J connectivity index is 1.88. The Bertz CT molecular complexity index is 706. The minimum absolute atomic E-state index is 0.0705. The van der Waals surface area contributed by atoms with Crippen LogP contribution in [0.15, 0.2) is 23.0 Å². The molecular weight excluding hydrogens is 308 g/mol. The van der Waals surface area contributed by atoms with Crippen LogP contribution in [0.5, 0.6) is 0 Å². The fourth-order valence-electron chi connectivity index (χ4n) is 2.10. The lowest BCUT2D eigenvalue weighted by Gasteiger charge is -2.08. The van der Waals surface area contributed by atoms with Crippen LogP contribution in [0.4, 0.5) is 0 Å². The van der Waals surface area contributed by atoms with Gasteiger partial charge in [-0.05, 0) is 44.0 Å². The van der Waals surface area contributed by atoms with Crippen LogP contribution >= 0.6 is 22.9 Å². The number of H-pyrrole nitrogens is 1. The molecule has 112 valence electrons. The summed E-state index contributed by atoms with van der Waals surface area (Å²) in [6, 6.07) is 5.65. The van der Waals surface area contributed by atoms with Crippen LogP contribution in [0.2, 0.25) is 4.34 Å². The maximum absolute atomic E-state index is 11.8. The monoisotopic (exact) mass is 324 g/mol. The number of nitrogens with one attached hydrogen (secondary N) is 2. The van der Waals surface area contributed by atoms with Crippen LogP contribution in [0.25, 0.3) is 0 Å². The van der Waals surface area contributed by atoms with E-state index in [0.29, 0.717) is 18.4 Å². The maximum atomic E-state index is 11.8. The number of hydrogen-bond donors (Lipinski definition) is 2. The fraction of sp³-hybridized carbons (Fsp3) is 0.333. The molecule has 2 aromatic rings. The number of carbonyl (C=O) groups is 1. The van der Waals surface area contributed by atoms with Crippen LogP contribution < -0.4 is 10.9 Å². The molecule has 21 heavy (non-hydrogen) atoms. The molecule has 2 rings (SSSR count). The zero-order valence-corrected chi connectivity index (χ0v) is 13.5. The van der Waals surface area contributed by atoms with Gasteiger partial charge in [0.25, 0.3) is 5.56 Å². The maximum Gasteiger partial charge on any atom is 0.253 e. The number of amides is 1. The Morgan fingerprint density at radius 3 is 2.76 bits per heavy atom. The Kier molecular flexibility index (Phi) is 5.20. The summed E-state index contributed by atoms with van der Waals surface area (Å²) < 4.78 is 0.729. The van der Waals surface area contributed by atoms with E-state index < -0.39 is 0 Å². The van der Waals surface area contributed by atoms with E-state index >= 15 is 0 Å². The molecule has 6 heteroatoms. The largest absolute Gasteiger partial charge is 0.352 e. The summed E-state index contributed by atoms with van der Waals surface area (Å²) in [6.07, 6.45) is 1.05. The predicted octanol–water partition coefficient (Wildman–Crippen LogP) is 2.96. The third-order valence-electron chi connectivity index (χ3n) is 3.18. The van der Waals surface area contributed by atoms with E-state index in [9.17, 15) is 9.59 Å². The van der Waals surface area contributed by atoms with Gasteiger partial charge in [0.05, 0.1) is 4.34 Å². The van der Waals surface area contributed by atoms with Crippen LogP contribution in [0.3, 0.4) is 0 Å². The van der Waals surface area contributed by atoms with Crippen LogP contribution in [-0.2, 0) is 17.8 Å². The van der Waals surface area contributed by atoms with Crippen molar-refractivity contribution in [1.29, 1.82) is 0 Å². The summed E-state index contributed by atoms with van der Waals surface area (Å²) in [5.41, 5.74) is 2.18. The highest BCUT2D eigenvalue weighted by atomic mass is 35.5. The number of carbonyl (C=O) groups excluding carboxylic acids is 1. The molecule has 0 radical (unpaired) electrons. The second-order valence-corrected chi connectivity index (χ2v) is 6.73. The number of aromatic amines is 1. The number of halogens is 1. The molecule has 2 N–H and O–H groups in total. The van der Waals surface area contributed by atoms with Gasteiger partial charge in [-0.1, -0.05) is 11.6 Å². The summed E-state index contributed by atoms with van der Waals surface area (Å²) in [7, 11) is 0. The second-order valence-electron chi connectivity index (χ2n) is 4.93. The smallest absolute Gasteiger partial charge is 0.253 e. The van der Waals surface area contributed by atoms with Crippen molar-refractivity contribution in [2.75, 3.05) is 0 Å². The van der Waals surface area contributed by atoms with E-state index in [0.717, 1.165) is 20.5 Å². The van der Waals surface area contributed by atoms with Crippen molar-refractivity contribution in [3.05, 3.63) is 54.6 Å². The van der Waals surface area contributed by atoms with Crippen LogP contribution in [0, 0.1) is 13.8 Å². The van der Waals surface area contributed by atoms with Crippen molar-refractivity contribution in [3.63, 3.8) is 0 Å². The van der Waals surface area contributed by atoms with Gasteiger partial charge < -0.3 is 10.3 Å². The average molecular weight is 325 g/mol. The molecule has 0 aliphatic carbocycles. The van der Waals surface area contributed by atoms with Gasteiger partial charge in [-0.25, -0.2) is 0 Å². The average Bonchev–Trinajstić information content (AvgIpc) is 2.81. The van der Waals surface area contributed by atoms with Crippen LogP contribution in [-0.4, -0.2) is 10.9 Å². The van der Waals surface area contributed by atoms with E-state index in [1.54, 1.807) is 0 Å². The molecule has 0 unspecified atom stereocenters. The highest BCUT2D eigenvalue weighted by Gasteiger charge is 2.08. The number of thiophene rings is 1. The SMILES string of the molecule is Cc1cc(C)c(CNC(=O)CCc2ccc(Cl)s2)c(=O)[nH]1. The zero-order chi connectivity index (χ0) is 15.4. The van der Waals surface area contributed by atoms with E-state index in [2.05, 4.69) is 10.3 Å². The molecule has 0 aromatic carbocycles. The van der Waals surface area contributed by atoms with E-state index in [1.165, 1.54) is 11.3 Å². The van der Waals surface area contributed by atoms with Gasteiger partial charge in [-0.3, -0.25) is 9.59 Å². The molecule has 1 amide bonds. The number of aromatic nitrogens is 1. The molecule has 4 nitrogen and oxygen atoms in total. The van der Waals surface area contributed by atoms with Crippen molar-refractivity contribution >= 4 is 28.8 Å². The Morgan fingerprint density at radius 1 is 1.38 bits per heavy atom. The van der Waals surface area contributed by atoms with Gasteiger partial charge in [-0.2, -0.15) is 0 Å². The Morgan fingerprint density at radius 2 is 2.14 bits per heavy atom. The molecular formula is C15H17ClN2O2S. The lowest BCUT2D eigenvalue weighted by molar-refractivity contribution is -0.121. The Labute approximate surface area is 132 Å². The van der Waals surface area contributed by atoms with Crippen molar-refractivity contribution in [3.8, 4) is 0 Å². The minimum atomic E-state index is -0.141. The highest BCUT2D eigenvalue weighted by molar-refractivity contribution is 7.16. The summed E-state index contributed by atoms with van der Waals surface area (Å²) >= 11 is 7.33. The summed E-state index contributed by atoms with van der Waals surface area (Å²) in [4.78, 5) is 27.5. The predicted molar refractivity (Wildman–Crippen MR) is 86.0 cm³/mol. The van der Waals surface area contributed by atoms with Crippen molar-refractivity contribution in [2.45, 2.75) is 33.2 Å². The van der Waals surface area contributed by atoms with Gasteiger partial charge in [0.1, 0.15) is 0 Å². The standard InChI is InChI=1S/C15H17ClN2O2S/c1-9-7-10(2)18-15(20)12(9)8-17-14(19)6-4-11-3-5-13(16)21-11/h3,5,7H,4,6,8H2,1-2H3,(H,17,19)(H,18,20). The molecule has 0 atom stereocenters. The minimum Gasteiger partial charge on any atom is -0.352 e. The van der Waals surface area contributed by atoms with Crippen molar-refractivity contribution < 1.29 is 4.79 Å². The summed E-state index contributed by atoms with van der Waals surface area (Å²) in [5.74, 6) is -0.0705. The molecule has 2 aromatic heterocycles. The molecule has 2 heterocycles. The first kappa shape index (κ1) is 15.8. The lowest BCUT2D eigenvalue weighted by atomic mass is 10.1. The van der Waals surface area contributed by atoms with Crippen LogP contribution in [0.1, 0.15) is 28.1 Å². The topological polar surface area (TPSA) is 62.0 Å². The molecule has 0 spiro atoms. The van der Waals surface area contributed by atoms with E-state index in [4.69, 9.17) is 11.6 Å². The van der Waals surface area contributed by atoms with Gasteiger partial charge in [0, 0.05) is 29.1 Å². The van der Waals surface area contributed by atoms with E-state index in [1.807, 2.05) is 32.0 Å². The fourth-order valence-corrected chi connectivity index (χ4v) is 3.19. The first-order valence-corrected chi connectivity index (χ1v) is 7.85. The van der Waals surface area contributed by atoms with Gasteiger partial charge in [0.15, 0.2) is 0 Å². The highest BCUT2D eigenvalue weighted by Crippen LogP contribution is 2.22. The molecule has 0 fully saturated rings. The molecule has 0 aliphatic heterocycles. The molecule has 0 saturated heterocycles. The zero-order valence-electron chi connectivity index (χ0n) is 12.0. The van der Waals surface area contributed by atoms with Crippen molar-refractivity contribution in [1.82, 2.24) is 10.3 Å². The van der Waals surface area contributed by atoms with Crippen molar-refractivity contribution in [2.24, 2.45) is 0 Å². The summed E-state index contributed by atoms with van der Waals surface area (Å²) in [5, 5.41) is 2.79. The third kappa shape index (κ3) is 4.44. The quantitative estimate of drug-likeness (QED) is 0.888. The third-order valence-corrected chi connectivity index (χ3v) is 4.47. The number of aryl methyl sites for hydroxylation is 3. The first-order valence-electron chi connectivity index (χ1n) is 6.66. The molecule has 0 saturated carbocycles. The van der Waals surface area contributed by atoms with Gasteiger partial charge >= 0.3 is 0 Å². The number of rotatable bonds is 5. The number of hydrogen-bond acceptors (Lipinski definition) is 3. The molecule has 0 bridgehead atoms. The Hall–Kier alpha value is -1.59.